The number of unbranched alkanes of at least 4 members (excludes halogenated alkanes) is 1. The van der Waals surface area contributed by atoms with Crippen LogP contribution in [0, 0.1) is 0 Å². The smallest absolute Gasteiger partial charge is 0.181 e. The zero-order valence-electron chi connectivity index (χ0n) is 11.8. The van der Waals surface area contributed by atoms with Crippen molar-refractivity contribution in [2.45, 2.75) is 57.7 Å². The maximum Gasteiger partial charge on any atom is 0.181 e. The average molecular weight is 260 g/mol. The lowest BCUT2D eigenvalue weighted by Crippen LogP contribution is -2.26. The minimum atomic E-state index is -1.01. The second kappa shape index (κ2) is 8.24. The zero-order chi connectivity index (χ0) is 12.7. The lowest BCUT2D eigenvalue weighted by atomic mass is 10.3. The van der Waals surface area contributed by atoms with Gasteiger partial charge in [-0.25, -0.2) is 0 Å². The van der Waals surface area contributed by atoms with E-state index in [1.807, 2.05) is 0 Å². The molecule has 0 radical (unpaired) electrons. The van der Waals surface area contributed by atoms with Crippen molar-refractivity contribution in [1.82, 2.24) is 0 Å². The third kappa shape index (κ3) is 7.19. The summed E-state index contributed by atoms with van der Waals surface area (Å²) >= 11 is 0. The van der Waals surface area contributed by atoms with E-state index in [9.17, 15) is 0 Å². The van der Waals surface area contributed by atoms with E-state index in [1.165, 1.54) is 0 Å². The first-order valence-corrected chi connectivity index (χ1v) is 8.72. The molecule has 1 aliphatic rings. The summed E-state index contributed by atoms with van der Waals surface area (Å²) in [7, 11) is -1.01. The van der Waals surface area contributed by atoms with Crippen molar-refractivity contribution in [3.63, 3.8) is 0 Å². The van der Waals surface area contributed by atoms with E-state index < -0.39 is 9.04 Å². The molecule has 0 aromatic carbocycles. The molecule has 1 rings (SSSR count). The largest absolute Gasteiger partial charge is 0.420 e. The fourth-order valence-electron chi connectivity index (χ4n) is 2.06. The Hall–Kier alpha value is 0.0969. The van der Waals surface area contributed by atoms with Gasteiger partial charge in [-0.2, -0.15) is 0 Å². The van der Waals surface area contributed by atoms with E-state index in [4.69, 9.17) is 13.9 Å². The van der Waals surface area contributed by atoms with Crippen LogP contribution in [0.1, 0.15) is 40.5 Å². The summed E-state index contributed by atoms with van der Waals surface area (Å²) in [6.45, 7) is 12.6. The molecular formula is C13H28O3Si. The molecule has 1 atom stereocenters. The highest BCUT2D eigenvalue weighted by Crippen LogP contribution is 2.21. The first-order valence-electron chi connectivity index (χ1n) is 6.92. The molecule has 0 saturated carbocycles. The first kappa shape index (κ1) is 15.2. The SMILES string of the molecule is CC(C)[SiH](OCCCCOCC1CO1)C(C)C. The maximum atomic E-state index is 6.06. The minimum Gasteiger partial charge on any atom is -0.420 e. The molecular weight excluding hydrogens is 232 g/mol. The molecule has 0 N–H and O–H groups in total. The highest BCUT2D eigenvalue weighted by Gasteiger charge is 2.22. The summed E-state index contributed by atoms with van der Waals surface area (Å²) in [5, 5.41) is 0. The van der Waals surface area contributed by atoms with E-state index in [1.54, 1.807) is 0 Å². The summed E-state index contributed by atoms with van der Waals surface area (Å²) in [4.78, 5) is 0. The van der Waals surface area contributed by atoms with E-state index in [0.717, 1.165) is 50.4 Å². The van der Waals surface area contributed by atoms with Gasteiger partial charge in [0.25, 0.3) is 0 Å². The molecule has 0 bridgehead atoms. The van der Waals surface area contributed by atoms with Crippen LogP contribution in [0.5, 0.6) is 0 Å². The van der Waals surface area contributed by atoms with Crippen LogP contribution in [0.15, 0.2) is 0 Å². The highest BCUT2D eigenvalue weighted by atomic mass is 28.3. The monoisotopic (exact) mass is 260 g/mol. The van der Waals surface area contributed by atoms with Crippen LogP contribution in [0.3, 0.4) is 0 Å². The predicted octanol–water partition coefficient (Wildman–Crippen LogP) is 2.74. The second-order valence-corrected chi connectivity index (χ2v) is 9.49. The molecule has 1 unspecified atom stereocenters. The molecule has 0 amide bonds. The van der Waals surface area contributed by atoms with Crippen LogP contribution >= 0.6 is 0 Å². The standard InChI is InChI=1S/C13H28O3Si/c1-11(2)17(12(3)4)16-8-6-5-7-14-9-13-10-15-13/h11-13,17H,5-10H2,1-4H3. The summed E-state index contributed by atoms with van der Waals surface area (Å²) < 4.78 is 16.6. The Balaban J connectivity index is 1.90. The summed E-state index contributed by atoms with van der Waals surface area (Å²) in [5.74, 6) is 0. The Bertz CT molecular complexity index is 185. The first-order chi connectivity index (χ1) is 8.11. The van der Waals surface area contributed by atoms with Gasteiger partial charge < -0.3 is 13.9 Å². The molecule has 3 nitrogen and oxygen atoms in total. The topological polar surface area (TPSA) is 31.0 Å². The van der Waals surface area contributed by atoms with Gasteiger partial charge in [0.1, 0.15) is 6.10 Å². The van der Waals surface area contributed by atoms with Gasteiger partial charge in [-0.3, -0.25) is 0 Å². The van der Waals surface area contributed by atoms with Gasteiger partial charge in [0.05, 0.1) is 13.2 Å². The second-order valence-electron chi connectivity index (χ2n) is 5.56. The van der Waals surface area contributed by atoms with Crippen molar-refractivity contribution in [3.05, 3.63) is 0 Å². The Morgan fingerprint density at radius 1 is 1.12 bits per heavy atom. The Kier molecular flexibility index (Phi) is 7.35. The molecule has 1 aliphatic heterocycles. The molecule has 17 heavy (non-hydrogen) atoms. The minimum absolute atomic E-state index is 0.393. The maximum absolute atomic E-state index is 6.06. The Morgan fingerprint density at radius 3 is 2.24 bits per heavy atom. The van der Waals surface area contributed by atoms with Crippen LogP contribution in [-0.2, 0) is 13.9 Å². The molecule has 4 heteroatoms. The fraction of sp³-hybridized carbons (Fsp3) is 1.00. The lowest BCUT2D eigenvalue weighted by molar-refractivity contribution is 0.110. The fourth-order valence-corrected chi connectivity index (χ4v) is 4.81. The number of ether oxygens (including phenoxy) is 2. The van der Waals surface area contributed by atoms with Gasteiger partial charge in [-0.05, 0) is 23.9 Å². The summed E-state index contributed by atoms with van der Waals surface area (Å²) in [6, 6.07) is 0. The van der Waals surface area contributed by atoms with Crippen molar-refractivity contribution in [3.8, 4) is 0 Å². The third-order valence-corrected chi connectivity index (χ3v) is 6.26. The Labute approximate surface area is 108 Å². The highest BCUT2D eigenvalue weighted by molar-refractivity contribution is 6.54. The Morgan fingerprint density at radius 2 is 1.71 bits per heavy atom. The predicted molar refractivity (Wildman–Crippen MR) is 73.1 cm³/mol. The van der Waals surface area contributed by atoms with Gasteiger partial charge in [-0.15, -0.1) is 0 Å². The van der Waals surface area contributed by atoms with E-state index in [0.29, 0.717) is 6.10 Å². The number of rotatable bonds is 10. The van der Waals surface area contributed by atoms with Crippen molar-refractivity contribution in [2.24, 2.45) is 0 Å². The summed E-state index contributed by atoms with van der Waals surface area (Å²) in [6.07, 6.45) is 2.61. The van der Waals surface area contributed by atoms with Crippen molar-refractivity contribution < 1.29 is 13.9 Å². The number of hydrogen-bond acceptors (Lipinski definition) is 3. The lowest BCUT2D eigenvalue weighted by Gasteiger charge is -2.23. The van der Waals surface area contributed by atoms with Crippen LogP contribution in [0.2, 0.25) is 11.1 Å². The van der Waals surface area contributed by atoms with Gasteiger partial charge in [0.2, 0.25) is 0 Å². The van der Waals surface area contributed by atoms with Crippen LogP contribution in [0.4, 0.5) is 0 Å². The molecule has 0 aromatic rings. The van der Waals surface area contributed by atoms with E-state index in [2.05, 4.69) is 27.7 Å². The quantitative estimate of drug-likeness (QED) is 0.344. The summed E-state index contributed by atoms with van der Waals surface area (Å²) in [5.41, 5.74) is 1.47. The van der Waals surface area contributed by atoms with Gasteiger partial charge in [0, 0.05) is 13.2 Å². The zero-order valence-corrected chi connectivity index (χ0v) is 12.9. The van der Waals surface area contributed by atoms with E-state index in [-0.39, 0.29) is 0 Å². The van der Waals surface area contributed by atoms with Gasteiger partial charge in [0.15, 0.2) is 9.04 Å². The molecule has 0 aliphatic carbocycles. The molecule has 0 spiro atoms. The number of hydrogen-bond donors (Lipinski definition) is 0. The van der Waals surface area contributed by atoms with E-state index >= 15 is 0 Å². The van der Waals surface area contributed by atoms with Crippen molar-refractivity contribution >= 4 is 9.04 Å². The normalized spacial score (nSPS) is 19.6. The molecule has 0 aromatic heterocycles. The van der Waals surface area contributed by atoms with Crippen LogP contribution in [-0.4, -0.2) is 41.6 Å². The van der Waals surface area contributed by atoms with Crippen molar-refractivity contribution in [2.75, 3.05) is 26.4 Å². The molecule has 1 heterocycles. The molecule has 102 valence electrons. The average Bonchev–Trinajstić information content (AvgIpc) is 3.04. The number of epoxide rings is 1. The molecule has 1 saturated heterocycles. The van der Waals surface area contributed by atoms with Crippen LogP contribution in [0.25, 0.3) is 0 Å². The van der Waals surface area contributed by atoms with Gasteiger partial charge in [-0.1, -0.05) is 27.7 Å². The van der Waals surface area contributed by atoms with Crippen LogP contribution < -0.4 is 0 Å². The molecule has 1 fully saturated rings. The van der Waals surface area contributed by atoms with Gasteiger partial charge >= 0.3 is 0 Å². The van der Waals surface area contributed by atoms with Crippen molar-refractivity contribution in [1.29, 1.82) is 0 Å². The third-order valence-electron chi connectivity index (χ3n) is 3.01.